The van der Waals surface area contributed by atoms with Crippen molar-refractivity contribution >= 4 is 40.5 Å². The van der Waals surface area contributed by atoms with Gasteiger partial charge in [0.2, 0.25) is 17.7 Å². The minimum atomic E-state index is -0.315. The Morgan fingerprint density at radius 1 is 0.952 bits per heavy atom. The fraction of sp³-hybridized carbons (Fsp3) is 0.258. The molecule has 1 amide bonds. The van der Waals surface area contributed by atoms with Crippen molar-refractivity contribution in [1.82, 2.24) is 14.9 Å². The Balaban J connectivity index is 1.25. The van der Waals surface area contributed by atoms with Gasteiger partial charge < -0.3 is 34.6 Å². The predicted octanol–water partition coefficient (Wildman–Crippen LogP) is 5.58. The molecule has 11 heteroatoms. The van der Waals surface area contributed by atoms with Crippen LogP contribution in [-0.4, -0.2) is 67.7 Å². The van der Waals surface area contributed by atoms with Crippen LogP contribution in [0.15, 0.2) is 79.0 Å². The van der Waals surface area contributed by atoms with E-state index in [1.807, 2.05) is 48.5 Å². The molecule has 0 unspecified atom stereocenters. The van der Waals surface area contributed by atoms with Crippen LogP contribution in [0.4, 0.5) is 23.0 Å². The van der Waals surface area contributed by atoms with E-state index in [4.69, 9.17) is 25.8 Å². The summed E-state index contributed by atoms with van der Waals surface area (Å²) >= 11 is 6.39. The first-order valence-electron chi connectivity index (χ1n) is 13.6. The first kappa shape index (κ1) is 29.1. The van der Waals surface area contributed by atoms with Crippen LogP contribution in [0.5, 0.6) is 17.4 Å². The van der Waals surface area contributed by atoms with Crippen LogP contribution in [-0.2, 0) is 16.1 Å². The minimum Gasteiger partial charge on any atom is -0.494 e. The van der Waals surface area contributed by atoms with Crippen LogP contribution in [0.25, 0.3) is 0 Å². The zero-order valence-corrected chi connectivity index (χ0v) is 24.3. The van der Waals surface area contributed by atoms with Crippen LogP contribution in [0.1, 0.15) is 5.56 Å². The van der Waals surface area contributed by atoms with Crippen LogP contribution < -0.4 is 25.0 Å². The maximum atomic E-state index is 12.6. The van der Waals surface area contributed by atoms with Crippen molar-refractivity contribution in [1.29, 1.82) is 0 Å². The van der Waals surface area contributed by atoms with Gasteiger partial charge in [0, 0.05) is 37.9 Å². The molecule has 2 heterocycles. The van der Waals surface area contributed by atoms with Crippen LogP contribution in [0.3, 0.4) is 0 Å². The summed E-state index contributed by atoms with van der Waals surface area (Å²) in [6.07, 6.45) is 1.45. The van der Waals surface area contributed by atoms with Crippen molar-refractivity contribution < 1.29 is 19.0 Å². The Bertz CT molecular complexity index is 1500. The van der Waals surface area contributed by atoms with E-state index in [1.54, 1.807) is 31.4 Å². The van der Waals surface area contributed by atoms with Crippen molar-refractivity contribution in [3.8, 4) is 17.4 Å². The van der Waals surface area contributed by atoms with E-state index in [1.165, 1.54) is 6.20 Å². The number of hydrogen-bond donors (Lipinski definition) is 2. The zero-order valence-electron chi connectivity index (χ0n) is 23.5. The second-order valence-corrected chi connectivity index (χ2v) is 10.2. The number of benzene rings is 3. The number of nitrogens with zero attached hydrogens (tertiary/aromatic N) is 4. The van der Waals surface area contributed by atoms with Gasteiger partial charge in [-0.3, -0.25) is 4.79 Å². The smallest absolute Gasteiger partial charge is 0.250 e. The number of hydrogen-bond acceptors (Lipinski definition) is 9. The average Bonchev–Trinajstić information content (AvgIpc) is 3.01. The first-order chi connectivity index (χ1) is 20.5. The van der Waals surface area contributed by atoms with E-state index >= 15 is 0 Å². The van der Waals surface area contributed by atoms with Crippen LogP contribution >= 0.6 is 11.6 Å². The molecule has 10 nitrogen and oxygen atoms in total. The Labute approximate surface area is 250 Å². The van der Waals surface area contributed by atoms with E-state index in [0.717, 1.165) is 37.4 Å². The van der Waals surface area contributed by atoms with Gasteiger partial charge in [0.05, 0.1) is 31.3 Å². The van der Waals surface area contributed by atoms with Gasteiger partial charge in [-0.2, -0.15) is 4.98 Å². The van der Waals surface area contributed by atoms with Crippen molar-refractivity contribution in [2.24, 2.45) is 0 Å². The molecular weight excluding hydrogens is 556 g/mol. The molecule has 42 heavy (non-hydrogen) atoms. The summed E-state index contributed by atoms with van der Waals surface area (Å²) < 4.78 is 17.2. The molecular formula is C31H33ClN6O4. The molecule has 1 fully saturated rings. The van der Waals surface area contributed by atoms with Crippen molar-refractivity contribution in [3.05, 3.63) is 89.6 Å². The highest BCUT2D eigenvalue weighted by molar-refractivity contribution is 6.31. The quantitative estimate of drug-likeness (QED) is 0.232. The molecule has 0 spiro atoms. The molecule has 1 aliphatic rings. The summed E-state index contributed by atoms with van der Waals surface area (Å²) in [4.78, 5) is 26.0. The second-order valence-electron chi connectivity index (χ2n) is 9.77. The van der Waals surface area contributed by atoms with E-state index in [0.29, 0.717) is 29.5 Å². The van der Waals surface area contributed by atoms with Gasteiger partial charge in [-0.25, -0.2) is 4.98 Å². The highest BCUT2D eigenvalue weighted by Crippen LogP contribution is 2.35. The predicted molar refractivity (Wildman–Crippen MR) is 164 cm³/mol. The lowest BCUT2D eigenvalue weighted by Crippen LogP contribution is -2.44. The van der Waals surface area contributed by atoms with Crippen LogP contribution in [0.2, 0.25) is 5.02 Å². The third-order valence-electron chi connectivity index (χ3n) is 6.72. The van der Waals surface area contributed by atoms with Crippen LogP contribution in [0, 0.1) is 0 Å². The van der Waals surface area contributed by atoms with E-state index < -0.39 is 0 Å². The van der Waals surface area contributed by atoms with E-state index in [-0.39, 0.29) is 29.4 Å². The Morgan fingerprint density at radius 3 is 2.50 bits per heavy atom. The van der Waals surface area contributed by atoms with E-state index in [2.05, 4.69) is 37.4 Å². The monoisotopic (exact) mass is 588 g/mol. The van der Waals surface area contributed by atoms with Crippen molar-refractivity contribution in [2.45, 2.75) is 6.61 Å². The van der Waals surface area contributed by atoms with E-state index in [9.17, 15) is 4.79 Å². The largest absolute Gasteiger partial charge is 0.494 e. The molecule has 0 bridgehead atoms. The number of halogens is 1. The third-order valence-corrected chi connectivity index (χ3v) is 6.98. The molecule has 0 radical (unpaired) electrons. The zero-order chi connectivity index (χ0) is 29.3. The molecule has 0 aliphatic carbocycles. The molecule has 1 aliphatic heterocycles. The standard InChI is InChI=1S/C31H33ClN6O4/c1-37-14-16-38(17-15-37)23-12-13-26(28(18-23)40-2)35-31-33-19-24(32)30(36-31)42-27-11-7-6-10-25(27)34-29(39)21-41-20-22-8-4-3-5-9-22/h3-13,18-19H,14-17,20-21H2,1-2H3,(H,34,39)(H,33,35,36). The highest BCUT2D eigenvalue weighted by atomic mass is 35.5. The number of carbonyl (C=O) groups is 1. The number of piperazine rings is 1. The lowest BCUT2D eigenvalue weighted by Gasteiger charge is -2.34. The Kier molecular flexibility index (Phi) is 9.70. The lowest BCUT2D eigenvalue weighted by molar-refractivity contribution is -0.121. The number of para-hydroxylation sites is 2. The summed E-state index contributed by atoms with van der Waals surface area (Å²) in [6, 6.07) is 22.7. The fourth-order valence-electron chi connectivity index (χ4n) is 4.43. The number of aromatic nitrogens is 2. The third kappa shape index (κ3) is 7.67. The summed E-state index contributed by atoms with van der Waals surface area (Å²) in [5.41, 5.74) is 3.24. The summed E-state index contributed by atoms with van der Waals surface area (Å²) in [7, 11) is 3.76. The molecule has 1 aromatic heterocycles. The Hall–Kier alpha value is -4.38. The second kappa shape index (κ2) is 14.0. The molecule has 2 N–H and O–H groups in total. The van der Waals surface area contributed by atoms with Gasteiger partial charge >= 0.3 is 0 Å². The summed E-state index contributed by atoms with van der Waals surface area (Å²) in [5.74, 6) is 1.12. The number of nitrogens with one attached hydrogen (secondary N) is 2. The molecule has 218 valence electrons. The van der Waals surface area contributed by atoms with Gasteiger partial charge in [-0.15, -0.1) is 0 Å². The molecule has 0 atom stereocenters. The maximum Gasteiger partial charge on any atom is 0.250 e. The number of methoxy groups -OCH3 is 1. The number of anilines is 4. The molecule has 3 aromatic carbocycles. The average molecular weight is 589 g/mol. The SMILES string of the molecule is COc1cc(N2CCN(C)CC2)ccc1Nc1ncc(Cl)c(Oc2ccccc2NC(=O)COCc2ccccc2)n1. The number of ether oxygens (including phenoxy) is 3. The van der Waals surface area contributed by atoms with Gasteiger partial charge in [-0.05, 0) is 36.9 Å². The maximum absolute atomic E-state index is 12.6. The lowest BCUT2D eigenvalue weighted by atomic mass is 10.2. The fourth-order valence-corrected chi connectivity index (χ4v) is 4.56. The van der Waals surface area contributed by atoms with Gasteiger partial charge in [0.25, 0.3) is 0 Å². The Morgan fingerprint density at radius 2 is 1.71 bits per heavy atom. The van der Waals surface area contributed by atoms with Gasteiger partial charge in [-0.1, -0.05) is 54.1 Å². The number of amides is 1. The molecule has 0 saturated carbocycles. The number of rotatable bonds is 11. The molecule has 1 saturated heterocycles. The summed E-state index contributed by atoms with van der Waals surface area (Å²) in [6.45, 7) is 4.16. The van der Waals surface area contributed by atoms with Gasteiger partial charge in [0.15, 0.2) is 5.75 Å². The van der Waals surface area contributed by atoms with Gasteiger partial charge in [0.1, 0.15) is 17.4 Å². The van der Waals surface area contributed by atoms with Crippen molar-refractivity contribution in [2.75, 3.05) is 62.5 Å². The molecule has 5 rings (SSSR count). The number of likely N-dealkylation sites (N-methyl/N-ethyl adjacent to an activating group) is 1. The normalized spacial score (nSPS) is 13.5. The summed E-state index contributed by atoms with van der Waals surface area (Å²) in [5, 5.41) is 6.24. The first-order valence-corrected chi connectivity index (χ1v) is 14.0. The topological polar surface area (TPSA) is 101 Å². The highest BCUT2D eigenvalue weighted by Gasteiger charge is 2.17. The minimum absolute atomic E-state index is 0.110. The van der Waals surface area contributed by atoms with Crippen molar-refractivity contribution in [3.63, 3.8) is 0 Å². The number of carbonyl (C=O) groups excluding carboxylic acids is 1. The molecule has 4 aromatic rings.